The third-order valence-electron chi connectivity index (χ3n) is 15.8. The quantitative estimate of drug-likeness (QED) is 0.0320. The van der Waals surface area contributed by atoms with Gasteiger partial charge >= 0.3 is 5.97 Å². The second kappa shape index (κ2) is 63.9. The van der Waals surface area contributed by atoms with E-state index >= 15 is 0 Å². The molecule has 0 aromatic heterocycles. The highest BCUT2D eigenvalue weighted by Crippen LogP contribution is 2.19. The van der Waals surface area contributed by atoms with Gasteiger partial charge in [-0.1, -0.05) is 327 Å². The number of unbranched alkanes of at least 4 members (excludes halogenated alkanes) is 48. The number of aliphatic hydroxyl groups excluding tert-OH is 2. The van der Waals surface area contributed by atoms with Crippen LogP contribution < -0.4 is 5.32 Å². The molecule has 1 amide bonds. The zero-order valence-electron chi connectivity index (χ0n) is 50.1. The highest BCUT2D eigenvalue weighted by Gasteiger charge is 2.20. The Morgan fingerprint density at radius 3 is 1.05 bits per heavy atom. The van der Waals surface area contributed by atoms with E-state index in [-0.39, 0.29) is 18.5 Å². The monoisotopic (exact) mass is 1040 g/mol. The lowest BCUT2D eigenvalue weighted by molar-refractivity contribution is -0.143. The second-order valence-electron chi connectivity index (χ2n) is 23.2. The number of carbonyl (C=O) groups is 2. The third kappa shape index (κ3) is 59.6. The SMILES string of the molecule is CCCCC/C=C\C/C=C\CCCCCCCCCC(=O)OCCCCCCCCCCCCCCCCCCCCCCCC(=O)NC(CO)C(O)CCCCCCCCCCCCCCCCCCCCC. The Hall–Kier alpha value is -1.66. The predicted octanol–water partition coefficient (Wildman–Crippen LogP) is 21.4. The summed E-state index contributed by atoms with van der Waals surface area (Å²) in [5, 5.41) is 23.4. The molecule has 74 heavy (non-hydrogen) atoms. The minimum atomic E-state index is -0.666. The number of amides is 1. The summed E-state index contributed by atoms with van der Waals surface area (Å²) in [6.07, 6.45) is 79.1. The normalized spacial score (nSPS) is 12.6. The van der Waals surface area contributed by atoms with Crippen molar-refractivity contribution in [3.8, 4) is 0 Å². The van der Waals surface area contributed by atoms with Crippen LogP contribution in [0.4, 0.5) is 0 Å². The van der Waals surface area contributed by atoms with E-state index < -0.39 is 12.1 Å². The molecule has 0 radical (unpaired) electrons. The van der Waals surface area contributed by atoms with Crippen molar-refractivity contribution in [3.63, 3.8) is 0 Å². The number of aliphatic hydroxyl groups is 2. The van der Waals surface area contributed by atoms with Gasteiger partial charge in [-0.25, -0.2) is 0 Å². The van der Waals surface area contributed by atoms with E-state index in [0.29, 0.717) is 25.9 Å². The molecule has 0 spiro atoms. The molecular formula is C68H131NO5. The standard InChI is InChI=1S/C68H131NO5/c1-3-5-7-9-11-13-15-17-19-21-25-29-32-36-40-44-48-52-56-60-66(71)65(64-70)69-67(72)61-57-53-49-45-41-37-33-30-26-23-22-24-27-31-35-39-43-47-51-55-59-63-74-68(73)62-58-54-50-46-42-38-34-28-20-18-16-14-12-10-8-6-4-2/h12,14,18,20,65-66,70-71H,3-11,13,15-17,19,21-64H2,1-2H3,(H,69,72)/b14-12-,20-18-. The van der Waals surface area contributed by atoms with Crippen molar-refractivity contribution < 1.29 is 24.5 Å². The molecule has 0 aromatic carbocycles. The first kappa shape index (κ1) is 72.3. The molecule has 0 saturated heterocycles. The first-order chi connectivity index (χ1) is 36.5. The van der Waals surface area contributed by atoms with Crippen molar-refractivity contribution in [2.45, 2.75) is 386 Å². The maximum absolute atomic E-state index is 12.5. The average molecular weight is 1040 g/mol. The zero-order chi connectivity index (χ0) is 53.6. The van der Waals surface area contributed by atoms with Crippen molar-refractivity contribution in [1.82, 2.24) is 5.32 Å². The molecule has 2 unspecified atom stereocenters. The van der Waals surface area contributed by atoms with E-state index in [9.17, 15) is 19.8 Å². The van der Waals surface area contributed by atoms with Gasteiger partial charge < -0.3 is 20.3 Å². The fourth-order valence-electron chi connectivity index (χ4n) is 10.6. The molecule has 0 aromatic rings. The lowest BCUT2D eigenvalue weighted by Crippen LogP contribution is -2.45. The first-order valence-corrected chi connectivity index (χ1v) is 33.6. The Balaban J connectivity index is 3.38. The van der Waals surface area contributed by atoms with Crippen LogP contribution in [0.5, 0.6) is 0 Å². The van der Waals surface area contributed by atoms with Crippen LogP contribution in [0.25, 0.3) is 0 Å². The van der Waals surface area contributed by atoms with Gasteiger partial charge in [0, 0.05) is 12.8 Å². The predicted molar refractivity (Wildman–Crippen MR) is 324 cm³/mol. The van der Waals surface area contributed by atoms with Crippen LogP contribution in [0, 0.1) is 0 Å². The second-order valence-corrected chi connectivity index (χ2v) is 23.2. The molecule has 0 fully saturated rings. The lowest BCUT2D eigenvalue weighted by atomic mass is 10.0. The van der Waals surface area contributed by atoms with Gasteiger partial charge in [0.25, 0.3) is 0 Å². The molecule has 6 nitrogen and oxygen atoms in total. The third-order valence-corrected chi connectivity index (χ3v) is 15.8. The van der Waals surface area contributed by atoms with Crippen molar-refractivity contribution >= 4 is 11.9 Å². The number of esters is 1. The van der Waals surface area contributed by atoms with Crippen LogP contribution in [-0.4, -0.2) is 47.4 Å². The van der Waals surface area contributed by atoms with Gasteiger partial charge in [-0.2, -0.15) is 0 Å². The summed E-state index contributed by atoms with van der Waals surface area (Å²) >= 11 is 0. The van der Waals surface area contributed by atoms with E-state index in [2.05, 4.69) is 43.5 Å². The summed E-state index contributed by atoms with van der Waals surface area (Å²) in [6, 6.07) is -0.543. The minimum Gasteiger partial charge on any atom is -0.466 e. The van der Waals surface area contributed by atoms with Crippen LogP contribution >= 0.6 is 0 Å². The van der Waals surface area contributed by atoms with Crippen molar-refractivity contribution in [2.75, 3.05) is 13.2 Å². The number of hydrogen-bond acceptors (Lipinski definition) is 5. The molecule has 0 aliphatic carbocycles. The maximum Gasteiger partial charge on any atom is 0.305 e. The van der Waals surface area contributed by atoms with Crippen molar-refractivity contribution in [1.29, 1.82) is 0 Å². The van der Waals surface area contributed by atoms with E-state index in [4.69, 9.17) is 4.74 Å². The molecule has 0 saturated carbocycles. The highest BCUT2D eigenvalue weighted by molar-refractivity contribution is 5.76. The number of ether oxygens (including phenoxy) is 1. The molecule has 6 heteroatoms. The summed E-state index contributed by atoms with van der Waals surface area (Å²) in [7, 11) is 0. The summed E-state index contributed by atoms with van der Waals surface area (Å²) in [6.45, 7) is 4.95. The van der Waals surface area contributed by atoms with E-state index in [1.54, 1.807) is 0 Å². The van der Waals surface area contributed by atoms with Gasteiger partial charge in [-0.3, -0.25) is 9.59 Å². The smallest absolute Gasteiger partial charge is 0.305 e. The van der Waals surface area contributed by atoms with Gasteiger partial charge in [0.2, 0.25) is 5.91 Å². The lowest BCUT2D eigenvalue weighted by Gasteiger charge is -2.22. The molecule has 0 bridgehead atoms. The summed E-state index contributed by atoms with van der Waals surface area (Å²) in [4.78, 5) is 24.6. The Morgan fingerprint density at radius 2 is 0.676 bits per heavy atom. The number of hydrogen-bond donors (Lipinski definition) is 3. The fourth-order valence-corrected chi connectivity index (χ4v) is 10.6. The highest BCUT2D eigenvalue weighted by atomic mass is 16.5. The zero-order valence-corrected chi connectivity index (χ0v) is 50.1. The van der Waals surface area contributed by atoms with Crippen LogP contribution in [0.3, 0.4) is 0 Å². The molecule has 438 valence electrons. The van der Waals surface area contributed by atoms with Crippen LogP contribution in [0.15, 0.2) is 24.3 Å². The van der Waals surface area contributed by atoms with Crippen LogP contribution in [0.1, 0.15) is 373 Å². The first-order valence-electron chi connectivity index (χ1n) is 33.6. The molecular weight excluding hydrogens is 911 g/mol. The van der Waals surface area contributed by atoms with Crippen molar-refractivity contribution in [2.24, 2.45) is 0 Å². The van der Waals surface area contributed by atoms with Crippen LogP contribution in [-0.2, 0) is 14.3 Å². The van der Waals surface area contributed by atoms with Crippen molar-refractivity contribution in [3.05, 3.63) is 24.3 Å². The number of allylic oxidation sites excluding steroid dienone is 4. The Labute approximate surface area is 462 Å². The largest absolute Gasteiger partial charge is 0.466 e. The molecule has 0 aliphatic heterocycles. The summed E-state index contributed by atoms with van der Waals surface area (Å²) < 4.78 is 5.49. The van der Waals surface area contributed by atoms with Gasteiger partial charge in [-0.15, -0.1) is 0 Å². The maximum atomic E-state index is 12.5. The average Bonchev–Trinajstić information content (AvgIpc) is 3.40. The van der Waals surface area contributed by atoms with E-state index in [1.165, 1.54) is 289 Å². The Morgan fingerprint density at radius 1 is 0.378 bits per heavy atom. The molecule has 0 heterocycles. The molecule has 3 N–H and O–H groups in total. The molecule has 0 rings (SSSR count). The van der Waals surface area contributed by atoms with Gasteiger partial charge in [0.15, 0.2) is 0 Å². The Kier molecular flexibility index (Phi) is 62.4. The number of nitrogens with one attached hydrogen (secondary N) is 1. The summed E-state index contributed by atoms with van der Waals surface area (Å²) in [5.74, 6) is -0.0273. The molecule has 0 aliphatic rings. The van der Waals surface area contributed by atoms with Crippen LogP contribution in [0.2, 0.25) is 0 Å². The minimum absolute atomic E-state index is 0.00510. The van der Waals surface area contributed by atoms with Gasteiger partial charge in [0.1, 0.15) is 0 Å². The van der Waals surface area contributed by atoms with Gasteiger partial charge in [-0.05, 0) is 57.8 Å². The number of carbonyl (C=O) groups excluding carboxylic acids is 2. The van der Waals surface area contributed by atoms with E-state index in [1.807, 2.05) is 0 Å². The topological polar surface area (TPSA) is 95.9 Å². The van der Waals surface area contributed by atoms with Gasteiger partial charge in [0.05, 0.1) is 25.4 Å². The fraction of sp³-hybridized carbons (Fsp3) is 0.912. The van der Waals surface area contributed by atoms with E-state index in [0.717, 1.165) is 51.4 Å². The Bertz CT molecular complexity index is 1150. The summed E-state index contributed by atoms with van der Waals surface area (Å²) in [5.41, 5.74) is 0. The number of rotatable bonds is 63. The molecule has 2 atom stereocenters.